The Bertz CT molecular complexity index is 482. The lowest BCUT2D eigenvalue weighted by molar-refractivity contribution is -0.122. The van der Waals surface area contributed by atoms with Crippen LogP contribution in [0.4, 0.5) is 5.69 Å². The van der Waals surface area contributed by atoms with Crippen LogP contribution in [0.5, 0.6) is 0 Å². The Hall–Kier alpha value is -1.55. The number of nitrogens with zero attached hydrogens (tertiary/aromatic N) is 1. The first-order valence-electron chi connectivity index (χ1n) is 7.68. The summed E-state index contributed by atoms with van der Waals surface area (Å²) in [5.74, 6) is 5.34. The summed E-state index contributed by atoms with van der Waals surface area (Å²) >= 11 is 0. The number of benzene rings is 1. The van der Waals surface area contributed by atoms with Gasteiger partial charge in [0.05, 0.1) is 0 Å². The maximum Gasteiger partial charge on any atom is 0.256 e. The zero-order valence-corrected chi connectivity index (χ0v) is 11.8. The number of hydrazine groups is 1. The van der Waals surface area contributed by atoms with Crippen molar-refractivity contribution in [1.82, 2.24) is 5.43 Å². The molecule has 1 unspecified atom stereocenters. The SMILES string of the molecule is NNC(=O)C1CCc2ccccc2N1C1CCCCC1. The predicted molar refractivity (Wildman–Crippen MR) is 80.2 cm³/mol. The van der Waals surface area contributed by atoms with E-state index in [9.17, 15) is 4.79 Å². The lowest BCUT2D eigenvalue weighted by Gasteiger charge is -2.44. The molecule has 4 heteroatoms. The number of nitrogens with one attached hydrogen (secondary N) is 1. The molecule has 1 aromatic carbocycles. The average molecular weight is 273 g/mol. The van der Waals surface area contributed by atoms with E-state index in [-0.39, 0.29) is 11.9 Å². The van der Waals surface area contributed by atoms with Crippen LogP contribution in [0.1, 0.15) is 44.1 Å². The number of nitrogens with two attached hydrogens (primary N) is 1. The Balaban J connectivity index is 1.95. The molecule has 1 aliphatic carbocycles. The van der Waals surface area contributed by atoms with E-state index in [1.54, 1.807) is 0 Å². The van der Waals surface area contributed by atoms with Gasteiger partial charge in [-0.05, 0) is 37.3 Å². The summed E-state index contributed by atoms with van der Waals surface area (Å²) in [5.41, 5.74) is 4.95. The number of carbonyl (C=O) groups is 1. The van der Waals surface area contributed by atoms with Crippen LogP contribution in [-0.2, 0) is 11.2 Å². The van der Waals surface area contributed by atoms with Gasteiger partial charge in [-0.2, -0.15) is 0 Å². The summed E-state index contributed by atoms with van der Waals surface area (Å²) in [4.78, 5) is 14.5. The highest BCUT2D eigenvalue weighted by Crippen LogP contribution is 2.36. The maximum absolute atomic E-state index is 12.2. The summed E-state index contributed by atoms with van der Waals surface area (Å²) in [6.45, 7) is 0. The van der Waals surface area contributed by atoms with Gasteiger partial charge >= 0.3 is 0 Å². The third kappa shape index (κ3) is 2.40. The van der Waals surface area contributed by atoms with Gasteiger partial charge in [-0.1, -0.05) is 37.5 Å². The van der Waals surface area contributed by atoms with Crippen LogP contribution < -0.4 is 16.2 Å². The lowest BCUT2D eigenvalue weighted by atomic mass is 9.88. The van der Waals surface area contributed by atoms with E-state index in [2.05, 4.69) is 34.6 Å². The Labute approximate surface area is 120 Å². The van der Waals surface area contributed by atoms with Gasteiger partial charge in [-0.25, -0.2) is 5.84 Å². The average Bonchev–Trinajstić information content (AvgIpc) is 2.53. The molecular weight excluding hydrogens is 250 g/mol. The van der Waals surface area contributed by atoms with E-state index in [4.69, 9.17) is 5.84 Å². The fraction of sp³-hybridized carbons (Fsp3) is 0.562. The van der Waals surface area contributed by atoms with Crippen molar-refractivity contribution in [2.75, 3.05) is 4.90 Å². The molecular formula is C16H23N3O. The van der Waals surface area contributed by atoms with Gasteiger partial charge in [-0.3, -0.25) is 10.2 Å². The van der Waals surface area contributed by atoms with Crippen molar-refractivity contribution in [3.05, 3.63) is 29.8 Å². The monoisotopic (exact) mass is 273 g/mol. The molecule has 2 aliphatic rings. The van der Waals surface area contributed by atoms with Crippen molar-refractivity contribution in [3.8, 4) is 0 Å². The molecule has 0 bridgehead atoms. The Morgan fingerprint density at radius 2 is 1.90 bits per heavy atom. The highest BCUT2D eigenvalue weighted by Gasteiger charge is 2.35. The second kappa shape index (κ2) is 5.83. The molecule has 3 N–H and O–H groups in total. The summed E-state index contributed by atoms with van der Waals surface area (Å²) in [7, 11) is 0. The Kier molecular flexibility index (Phi) is 3.92. The van der Waals surface area contributed by atoms with Gasteiger partial charge in [0.15, 0.2) is 0 Å². The standard InChI is InChI=1S/C16H23N3O/c17-18-16(20)15-11-10-12-6-4-5-9-14(12)19(15)13-7-2-1-3-8-13/h4-6,9,13,15H,1-3,7-8,10-11,17H2,(H,18,20). The molecule has 3 rings (SSSR count). The van der Waals surface area contributed by atoms with E-state index in [1.165, 1.54) is 43.4 Å². The summed E-state index contributed by atoms with van der Waals surface area (Å²) < 4.78 is 0. The van der Waals surface area contributed by atoms with E-state index >= 15 is 0 Å². The summed E-state index contributed by atoms with van der Waals surface area (Å²) in [6.07, 6.45) is 8.03. The fourth-order valence-electron chi connectivity index (χ4n) is 3.74. The van der Waals surface area contributed by atoms with Crippen LogP contribution in [0.2, 0.25) is 0 Å². The molecule has 20 heavy (non-hydrogen) atoms. The summed E-state index contributed by atoms with van der Waals surface area (Å²) in [6, 6.07) is 8.85. The van der Waals surface area contributed by atoms with Crippen LogP contribution in [0.25, 0.3) is 0 Å². The second-order valence-electron chi connectivity index (χ2n) is 5.89. The lowest BCUT2D eigenvalue weighted by Crippen LogP contribution is -2.55. The van der Waals surface area contributed by atoms with Crippen LogP contribution >= 0.6 is 0 Å². The van der Waals surface area contributed by atoms with Crippen molar-refractivity contribution in [2.24, 2.45) is 5.84 Å². The highest BCUT2D eigenvalue weighted by molar-refractivity contribution is 5.86. The number of para-hydroxylation sites is 1. The van der Waals surface area contributed by atoms with Gasteiger partial charge in [0, 0.05) is 11.7 Å². The minimum absolute atomic E-state index is 0.0509. The van der Waals surface area contributed by atoms with E-state index in [1.807, 2.05) is 0 Å². The molecule has 1 aromatic rings. The van der Waals surface area contributed by atoms with Crippen molar-refractivity contribution < 1.29 is 4.79 Å². The van der Waals surface area contributed by atoms with Crippen molar-refractivity contribution in [1.29, 1.82) is 0 Å². The second-order valence-corrected chi connectivity index (χ2v) is 5.89. The third-order valence-electron chi connectivity index (χ3n) is 4.71. The third-order valence-corrected chi connectivity index (χ3v) is 4.71. The molecule has 0 radical (unpaired) electrons. The molecule has 1 aliphatic heterocycles. The normalized spacial score (nSPS) is 23.2. The zero-order valence-electron chi connectivity index (χ0n) is 11.8. The number of rotatable bonds is 2. The van der Waals surface area contributed by atoms with Gasteiger partial charge in [0.2, 0.25) is 0 Å². The molecule has 4 nitrogen and oxygen atoms in total. The predicted octanol–water partition coefficient (Wildman–Crippen LogP) is 2.13. The molecule has 1 atom stereocenters. The minimum Gasteiger partial charge on any atom is -0.356 e. The number of anilines is 1. The largest absolute Gasteiger partial charge is 0.356 e. The summed E-state index contributed by atoms with van der Waals surface area (Å²) in [5, 5.41) is 0. The maximum atomic E-state index is 12.2. The van der Waals surface area contributed by atoms with Crippen molar-refractivity contribution >= 4 is 11.6 Å². The minimum atomic E-state index is -0.113. The number of aryl methyl sites for hydroxylation is 1. The molecule has 0 saturated heterocycles. The van der Waals surface area contributed by atoms with Crippen LogP contribution in [0.15, 0.2) is 24.3 Å². The molecule has 0 aromatic heterocycles. The van der Waals surface area contributed by atoms with Gasteiger partial charge in [0.1, 0.15) is 6.04 Å². The quantitative estimate of drug-likeness (QED) is 0.493. The smallest absolute Gasteiger partial charge is 0.256 e. The number of carbonyl (C=O) groups excluding carboxylic acids is 1. The molecule has 0 spiro atoms. The zero-order chi connectivity index (χ0) is 13.9. The van der Waals surface area contributed by atoms with E-state index < -0.39 is 0 Å². The van der Waals surface area contributed by atoms with E-state index in [0.29, 0.717) is 6.04 Å². The van der Waals surface area contributed by atoms with Crippen molar-refractivity contribution in [2.45, 2.75) is 57.0 Å². The number of amides is 1. The number of hydrogen-bond donors (Lipinski definition) is 2. The molecule has 108 valence electrons. The molecule has 1 heterocycles. The van der Waals surface area contributed by atoms with Crippen LogP contribution in [0.3, 0.4) is 0 Å². The van der Waals surface area contributed by atoms with Gasteiger partial charge in [0.25, 0.3) is 5.91 Å². The molecule has 1 amide bonds. The van der Waals surface area contributed by atoms with E-state index in [0.717, 1.165) is 12.8 Å². The number of fused-ring (bicyclic) bond motifs is 1. The van der Waals surface area contributed by atoms with Crippen LogP contribution in [0, 0.1) is 0 Å². The first-order valence-corrected chi connectivity index (χ1v) is 7.68. The first kappa shape index (κ1) is 13.4. The van der Waals surface area contributed by atoms with Gasteiger partial charge in [-0.15, -0.1) is 0 Å². The topological polar surface area (TPSA) is 58.4 Å². The van der Waals surface area contributed by atoms with Crippen molar-refractivity contribution in [3.63, 3.8) is 0 Å². The van der Waals surface area contributed by atoms with Gasteiger partial charge < -0.3 is 4.90 Å². The number of hydrogen-bond acceptors (Lipinski definition) is 3. The fourth-order valence-corrected chi connectivity index (χ4v) is 3.74. The Morgan fingerprint density at radius 3 is 2.65 bits per heavy atom. The van der Waals surface area contributed by atoms with Crippen LogP contribution in [-0.4, -0.2) is 18.0 Å². The first-order chi connectivity index (χ1) is 9.81. The Morgan fingerprint density at radius 1 is 1.15 bits per heavy atom. The molecule has 1 saturated carbocycles. The highest BCUT2D eigenvalue weighted by atomic mass is 16.2. The molecule has 1 fully saturated rings.